The highest BCUT2D eigenvalue weighted by Crippen LogP contribution is 2.39. The molecule has 0 saturated carbocycles. The van der Waals surface area contributed by atoms with Crippen LogP contribution in [-0.4, -0.2) is 69.5 Å². The number of hydrogen-bond acceptors (Lipinski definition) is 7. The molecule has 0 aromatic carbocycles. The van der Waals surface area contributed by atoms with E-state index in [9.17, 15) is 22.8 Å². The number of rotatable bonds is 12. The molecule has 2 N–H and O–H groups in total. The van der Waals surface area contributed by atoms with Gasteiger partial charge in [-0.05, 0) is 40.5 Å². The van der Waals surface area contributed by atoms with Crippen LogP contribution in [0.3, 0.4) is 0 Å². The Hall–Kier alpha value is -0.780. The molecule has 26 heavy (non-hydrogen) atoms. The van der Waals surface area contributed by atoms with E-state index in [-0.39, 0.29) is 23.5 Å². The molecule has 0 fully saturated rings. The molecule has 0 heterocycles. The number of nitrogens with zero attached hydrogens (tertiary/aromatic N) is 1. The van der Waals surface area contributed by atoms with E-state index in [2.05, 4.69) is 0 Å². The molecule has 0 aromatic heterocycles. The van der Waals surface area contributed by atoms with Crippen molar-refractivity contribution < 1.29 is 32.5 Å². The third kappa shape index (κ3) is 9.24. The van der Waals surface area contributed by atoms with Gasteiger partial charge in [-0.25, -0.2) is 4.79 Å². The highest BCUT2D eigenvalue weighted by atomic mass is 33.1. The van der Waals surface area contributed by atoms with Crippen molar-refractivity contribution in [3.05, 3.63) is 0 Å². The second kappa shape index (κ2) is 10.5. The number of aliphatic carboxylic acids is 1. The summed E-state index contributed by atoms with van der Waals surface area (Å²) >= 11 is 0. The first kappa shape index (κ1) is 25.2. The van der Waals surface area contributed by atoms with E-state index in [1.165, 1.54) is 40.5 Å². The fourth-order valence-electron chi connectivity index (χ4n) is 1.93. The van der Waals surface area contributed by atoms with Gasteiger partial charge in [0.15, 0.2) is 0 Å². The van der Waals surface area contributed by atoms with Crippen molar-refractivity contribution in [1.82, 2.24) is 4.90 Å². The molecular formula is C15H27NO7S3. The summed E-state index contributed by atoms with van der Waals surface area (Å²) in [6.07, 6.45) is 0.712. The Morgan fingerprint density at radius 1 is 1.23 bits per heavy atom. The topological polar surface area (TPSA) is 129 Å². The summed E-state index contributed by atoms with van der Waals surface area (Å²) in [5.74, 6) is -1.58. The summed E-state index contributed by atoms with van der Waals surface area (Å²) in [5.41, 5.74) is 0. The summed E-state index contributed by atoms with van der Waals surface area (Å²) in [5, 5.41) is 7.52. The number of carboxylic acids is 1. The lowest BCUT2D eigenvalue weighted by molar-refractivity contribution is -0.148. The fourth-order valence-corrected chi connectivity index (χ4v) is 5.58. The Bertz CT molecular complexity index is 619. The molecule has 0 saturated heterocycles. The van der Waals surface area contributed by atoms with Crippen LogP contribution in [0.4, 0.5) is 0 Å². The van der Waals surface area contributed by atoms with Crippen molar-refractivity contribution in [2.45, 2.75) is 63.0 Å². The summed E-state index contributed by atoms with van der Waals surface area (Å²) < 4.78 is 31.0. The van der Waals surface area contributed by atoms with Crippen molar-refractivity contribution in [2.24, 2.45) is 0 Å². The Kier molecular flexibility index (Phi) is 10.2. The zero-order valence-corrected chi connectivity index (χ0v) is 18.0. The Morgan fingerprint density at radius 2 is 1.77 bits per heavy atom. The SMILES string of the molecule is CC(=O)C(CCSSC(C)(C)CCC(=O)N(C)[C@@H](C)C(=O)O)S(=O)(=O)O. The highest BCUT2D eigenvalue weighted by Gasteiger charge is 2.28. The maximum atomic E-state index is 12.1. The molecule has 0 rings (SSSR count). The maximum absolute atomic E-state index is 12.1. The third-order valence-corrected chi connectivity index (χ3v) is 8.50. The minimum absolute atomic E-state index is 0.0136. The normalized spacial score (nSPS) is 14.5. The van der Waals surface area contributed by atoms with Crippen LogP contribution < -0.4 is 0 Å². The molecule has 2 atom stereocenters. The predicted octanol–water partition coefficient (Wildman–Crippen LogP) is 2.09. The van der Waals surface area contributed by atoms with Crippen LogP contribution in [0, 0.1) is 0 Å². The molecular weight excluding hydrogens is 402 g/mol. The Balaban J connectivity index is 4.40. The first-order valence-corrected chi connectivity index (χ1v) is 11.8. The zero-order chi connectivity index (χ0) is 20.7. The number of Topliss-reactive ketones (excluding diaryl/α,β-unsaturated/α-hetero) is 1. The van der Waals surface area contributed by atoms with Gasteiger partial charge in [-0.15, -0.1) is 0 Å². The third-order valence-electron chi connectivity index (χ3n) is 3.83. The maximum Gasteiger partial charge on any atom is 0.326 e. The van der Waals surface area contributed by atoms with Crippen LogP contribution in [0.25, 0.3) is 0 Å². The van der Waals surface area contributed by atoms with Crippen molar-refractivity contribution in [3.63, 3.8) is 0 Å². The van der Waals surface area contributed by atoms with Crippen LogP contribution in [0.2, 0.25) is 0 Å². The predicted molar refractivity (Wildman–Crippen MR) is 104 cm³/mol. The van der Waals surface area contributed by atoms with Gasteiger partial charge in [-0.3, -0.25) is 14.1 Å². The highest BCUT2D eigenvalue weighted by molar-refractivity contribution is 8.77. The molecule has 11 heteroatoms. The monoisotopic (exact) mass is 429 g/mol. The van der Waals surface area contributed by atoms with Gasteiger partial charge in [0, 0.05) is 24.0 Å². The molecule has 8 nitrogen and oxygen atoms in total. The molecule has 0 aliphatic heterocycles. The summed E-state index contributed by atoms with van der Waals surface area (Å²) in [4.78, 5) is 35.4. The molecule has 152 valence electrons. The van der Waals surface area contributed by atoms with Gasteiger partial charge in [0.05, 0.1) is 0 Å². The van der Waals surface area contributed by atoms with E-state index in [0.29, 0.717) is 12.2 Å². The van der Waals surface area contributed by atoms with E-state index >= 15 is 0 Å². The van der Waals surface area contributed by atoms with Gasteiger partial charge in [0.25, 0.3) is 10.1 Å². The number of carbonyl (C=O) groups is 3. The molecule has 0 radical (unpaired) electrons. The first-order chi connectivity index (χ1) is 11.7. The number of ketones is 1. The number of carboxylic acid groups (broad SMARTS) is 1. The molecule has 0 spiro atoms. The van der Waals surface area contributed by atoms with Crippen molar-refractivity contribution in [3.8, 4) is 0 Å². The molecule has 0 bridgehead atoms. The number of amides is 1. The van der Waals surface area contributed by atoms with Crippen molar-refractivity contribution in [2.75, 3.05) is 12.8 Å². The fraction of sp³-hybridized carbons (Fsp3) is 0.800. The summed E-state index contributed by atoms with van der Waals surface area (Å²) in [6, 6.07) is -0.892. The van der Waals surface area contributed by atoms with Gasteiger partial charge < -0.3 is 10.0 Å². The van der Waals surface area contributed by atoms with E-state index in [0.717, 1.165) is 6.92 Å². The standard InChI is InChI=1S/C15H27NO7S3/c1-10(14(19)20)16(5)13(18)6-8-15(3,4)25-24-9-7-12(11(2)17)26(21,22)23/h10,12H,6-9H2,1-5H3,(H,19,20)(H,21,22,23)/t10-,12?/m0/s1. The van der Waals surface area contributed by atoms with Gasteiger partial charge >= 0.3 is 5.97 Å². The molecule has 1 unspecified atom stereocenters. The average molecular weight is 430 g/mol. The minimum Gasteiger partial charge on any atom is -0.480 e. The first-order valence-electron chi connectivity index (χ1n) is 7.95. The largest absolute Gasteiger partial charge is 0.480 e. The van der Waals surface area contributed by atoms with E-state index in [1.54, 1.807) is 0 Å². The number of likely N-dealkylation sites (N-methyl/N-ethyl adjacent to an activating group) is 1. The van der Waals surface area contributed by atoms with E-state index in [1.807, 2.05) is 13.8 Å². The summed E-state index contributed by atoms with van der Waals surface area (Å²) in [6.45, 7) is 6.41. The molecule has 0 aromatic rings. The lowest BCUT2D eigenvalue weighted by Crippen LogP contribution is -2.40. The van der Waals surface area contributed by atoms with Crippen molar-refractivity contribution in [1.29, 1.82) is 0 Å². The summed E-state index contributed by atoms with van der Waals surface area (Å²) in [7, 11) is -0.128. The lowest BCUT2D eigenvalue weighted by Gasteiger charge is -2.26. The van der Waals surface area contributed by atoms with Gasteiger partial charge in [-0.1, -0.05) is 21.6 Å². The second-order valence-electron chi connectivity index (χ2n) is 6.59. The van der Waals surface area contributed by atoms with Crippen LogP contribution in [0.5, 0.6) is 0 Å². The Labute approximate surface area is 162 Å². The smallest absolute Gasteiger partial charge is 0.326 e. The van der Waals surface area contributed by atoms with Crippen LogP contribution in [0.1, 0.15) is 47.0 Å². The molecule has 0 aliphatic rings. The second-order valence-corrected chi connectivity index (χ2v) is 11.3. The molecule has 0 aliphatic carbocycles. The van der Waals surface area contributed by atoms with Crippen LogP contribution in [0.15, 0.2) is 0 Å². The number of carbonyl (C=O) groups excluding carboxylic acids is 2. The van der Waals surface area contributed by atoms with E-state index < -0.39 is 33.2 Å². The van der Waals surface area contributed by atoms with Crippen LogP contribution in [-0.2, 0) is 24.5 Å². The van der Waals surface area contributed by atoms with E-state index in [4.69, 9.17) is 9.66 Å². The quantitative estimate of drug-likeness (QED) is 0.272. The van der Waals surface area contributed by atoms with Gasteiger partial charge in [-0.2, -0.15) is 8.42 Å². The average Bonchev–Trinajstić information content (AvgIpc) is 2.49. The van der Waals surface area contributed by atoms with Gasteiger partial charge in [0.1, 0.15) is 17.1 Å². The zero-order valence-electron chi connectivity index (χ0n) is 15.6. The molecule has 1 amide bonds. The lowest BCUT2D eigenvalue weighted by atomic mass is 10.1. The van der Waals surface area contributed by atoms with Gasteiger partial charge in [0.2, 0.25) is 5.91 Å². The minimum atomic E-state index is -4.40. The van der Waals surface area contributed by atoms with Crippen LogP contribution >= 0.6 is 21.6 Å². The van der Waals surface area contributed by atoms with Crippen molar-refractivity contribution >= 4 is 49.4 Å². The Morgan fingerprint density at radius 3 is 2.19 bits per heavy atom. The number of hydrogen-bond donors (Lipinski definition) is 2.